The normalized spacial score (nSPS) is 10.7. The maximum atomic E-state index is 6.20. The minimum Gasteiger partial charge on any atom is -0.245 e. The van der Waals surface area contributed by atoms with Crippen LogP contribution in [0.4, 0.5) is 0 Å². The Hall–Kier alpha value is -1.79. The number of para-hydroxylation sites is 2. The van der Waals surface area contributed by atoms with Crippen molar-refractivity contribution in [3.05, 3.63) is 92.3 Å². The van der Waals surface area contributed by atoms with E-state index in [9.17, 15) is 0 Å². The highest BCUT2D eigenvalue weighted by Gasteiger charge is 2.07. The van der Waals surface area contributed by atoms with Gasteiger partial charge in [0.05, 0.1) is 31.0 Å². The number of thiazole rings is 2. The molecule has 0 saturated heterocycles. The number of hydrogen-bond donors (Lipinski definition) is 0. The van der Waals surface area contributed by atoms with Crippen molar-refractivity contribution in [1.29, 1.82) is 0 Å². The SMILES string of the molecule is Clc1ccc(Br)cc1Cc1nc2ccccc2s1.c1ccc2scnc2c1. The lowest BCUT2D eigenvalue weighted by atomic mass is 10.1. The molecule has 5 aromatic rings. The van der Waals surface area contributed by atoms with Gasteiger partial charge in [-0.25, -0.2) is 9.97 Å². The van der Waals surface area contributed by atoms with Gasteiger partial charge in [0.1, 0.15) is 0 Å². The van der Waals surface area contributed by atoms with Gasteiger partial charge in [-0.3, -0.25) is 0 Å². The lowest BCUT2D eigenvalue weighted by Gasteiger charge is -2.02. The molecule has 3 aromatic carbocycles. The Morgan fingerprint density at radius 1 is 0.889 bits per heavy atom. The quantitative estimate of drug-likeness (QED) is 0.264. The molecule has 0 fully saturated rings. The maximum Gasteiger partial charge on any atom is 0.0982 e. The van der Waals surface area contributed by atoms with E-state index in [1.165, 1.54) is 9.40 Å². The van der Waals surface area contributed by atoms with Gasteiger partial charge in [0.25, 0.3) is 0 Å². The van der Waals surface area contributed by atoms with E-state index < -0.39 is 0 Å². The molecule has 0 unspecified atom stereocenters. The van der Waals surface area contributed by atoms with Crippen LogP contribution in [0.5, 0.6) is 0 Å². The van der Waals surface area contributed by atoms with E-state index in [1.807, 2.05) is 54.0 Å². The summed E-state index contributed by atoms with van der Waals surface area (Å²) in [6.45, 7) is 0. The number of aromatic nitrogens is 2. The highest BCUT2D eigenvalue weighted by Crippen LogP contribution is 2.27. The van der Waals surface area contributed by atoms with Gasteiger partial charge in [-0.1, -0.05) is 51.8 Å². The van der Waals surface area contributed by atoms with Crippen LogP contribution in [0.15, 0.2) is 76.7 Å². The minimum absolute atomic E-state index is 0.775. The standard InChI is InChI=1S/C14H9BrClNS.C7H5NS/c15-10-5-6-11(16)9(7-10)8-14-17-12-3-1-2-4-13(12)18-14;1-2-4-7-6(3-1)8-5-9-7/h1-7H,8H2;1-5H. The van der Waals surface area contributed by atoms with Crippen LogP contribution in [-0.2, 0) is 6.42 Å². The van der Waals surface area contributed by atoms with Crippen LogP contribution in [0.2, 0.25) is 5.02 Å². The van der Waals surface area contributed by atoms with Crippen molar-refractivity contribution in [3.8, 4) is 0 Å². The molecule has 0 atom stereocenters. The fourth-order valence-corrected chi connectivity index (χ4v) is 4.90. The lowest BCUT2D eigenvalue weighted by Crippen LogP contribution is -1.88. The van der Waals surface area contributed by atoms with Crippen molar-refractivity contribution in [2.45, 2.75) is 6.42 Å². The summed E-state index contributed by atoms with van der Waals surface area (Å²) in [4.78, 5) is 8.76. The Morgan fingerprint density at radius 2 is 1.63 bits per heavy atom. The molecular formula is C21H14BrClN2S2. The molecule has 0 aliphatic carbocycles. The molecule has 6 heteroatoms. The molecule has 5 rings (SSSR count). The first kappa shape index (κ1) is 18.6. The number of rotatable bonds is 2. The third kappa shape index (κ3) is 4.55. The molecule has 0 aliphatic rings. The largest absolute Gasteiger partial charge is 0.245 e. The molecule has 0 N–H and O–H groups in total. The van der Waals surface area contributed by atoms with E-state index in [4.69, 9.17) is 11.6 Å². The Kier molecular flexibility index (Phi) is 5.83. The van der Waals surface area contributed by atoms with Crippen LogP contribution < -0.4 is 0 Å². The Labute approximate surface area is 178 Å². The van der Waals surface area contributed by atoms with Crippen LogP contribution in [0.1, 0.15) is 10.6 Å². The first-order valence-electron chi connectivity index (χ1n) is 8.25. The zero-order valence-corrected chi connectivity index (χ0v) is 18.1. The molecule has 0 aliphatic heterocycles. The van der Waals surface area contributed by atoms with Crippen molar-refractivity contribution < 1.29 is 0 Å². The summed E-state index contributed by atoms with van der Waals surface area (Å²) in [6.07, 6.45) is 0.775. The van der Waals surface area contributed by atoms with Crippen molar-refractivity contribution in [2.24, 2.45) is 0 Å². The van der Waals surface area contributed by atoms with E-state index in [-0.39, 0.29) is 0 Å². The molecule has 134 valence electrons. The average Bonchev–Trinajstić information content (AvgIpc) is 3.31. The summed E-state index contributed by atoms with van der Waals surface area (Å²) in [7, 11) is 0. The summed E-state index contributed by atoms with van der Waals surface area (Å²) < 4.78 is 3.53. The summed E-state index contributed by atoms with van der Waals surface area (Å²) in [5.74, 6) is 0. The predicted octanol–water partition coefficient (Wildman–Crippen LogP) is 7.60. The monoisotopic (exact) mass is 472 g/mol. The van der Waals surface area contributed by atoms with E-state index in [0.717, 1.165) is 37.5 Å². The van der Waals surface area contributed by atoms with Gasteiger partial charge in [-0.15, -0.1) is 22.7 Å². The minimum atomic E-state index is 0.775. The van der Waals surface area contributed by atoms with Gasteiger partial charge < -0.3 is 0 Å². The van der Waals surface area contributed by atoms with E-state index in [1.54, 1.807) is 22.7 Å². The van der Waals surface area contributed by atoms with Crippen LogP contribution in [0.3, 0.4) is 0 Å². The summed E-state index contributed by atoms with van der Waals surface area (Å²) in [5.41, 5.74) is 5.13. The highest BCUT2D eigenvalue weighted by molar-refractivity contribution is 9.10. The zero-order valence-electron chi connectivity index (χ0n) is 14.1. The van der Waals surface area contributed by atoms with Gasteiger partial charge in [-0.2, -0.15) is 0 Å². The van der Waals surface area contributed by atoms with Crippen molar-refractivity contribution in [2.75, 3.05) is 0 Å². The number of hydrogen-bond acceptors (Lipinski definition) is 4. The predicted molar refractivity (Wildman–Crippen MR) is 121 cm³/mol. The number of nitrogens with zero attached hydrogens (tertiary/aromatic N) is 2. The Morgan fingerprint density at radius 3 is 2.41 bits per heavy atom. The maximum absolute atomic E-state index is 6.20. The molecule has 0 bridgehead atoms. The molecule has 2 heterocycles. The van der Waals surface area contributed by atoms with Crippen LogP contribution >= 0.6 is 50.2 Å². The molecule has 0 spiro atoms. The highest BCUT2D eigenvalue weighted by atomic mass is 79.9. The van der Waals surface area contributed by atoms with E-state index in [2.05, 4.69) is 44.1 Å². The fourth-order valence-electron chi connectivity index (χ4n) is 2.64. The van der Waals surface area contributed by atoms with Gasteiger partial charge in [0.2, 0.25) is 0 Å². The molecule has 27 heavy (non-hydrogen) atoms. The lowest BCUT2D eigenvalue weighted by molar-refractivity contribution is 1.15. The third-order valence-corrected chi connectivity index (χ3v) is 6.63. The van der Waals surface area contributed by atoms with E-state index in [0.29, 0.717) is 0 Å². The van der Waals surface area contributed by atoms with Crippen LogP contribution in [-0.4, -0.2) is 9.97 Å². The molecule has 0 amide bonds. The Balaban J connectivity index is 0.000000167. The molecule has 0 saturated carbocycles. The van der Waals surface area contributed by atoms with Gasteiger partial charge in [0, 0.05) is 15.9 Å². The van der Waals surface area contributed by atoms with Crippen molar-refractivity contribution in [3.63, 3.8) is 0 Å². The van der Waals surface area contributed by atoms with E-state index >= 15 is 0 Å². The molecular weight excluding hydrogens is 460 g/mol. The van der Waals surface area contributed by atoms with Gasteiger partial charge in [-0.05, 0) is 48.0 Å². The number of benzene rings is 3. The molecule has 2 nitrogen and oxygen atoms in total. The van der Waals surface area contributed by atoms with Crippen LogP contribution in [0, 0.1) is 0 Å². The summed E-state index contributed by atoms with van der Waals surface area (Å²) in [6, 6.07) is 22.2. The van der Waals surface area contributed by atoms with Gasteiger partial charge in [0.15, 0.2) is 0 Å². The topological polar surface area (TPSA) is 25.8 Å². The molecule has 0 radical (unpaired) electrons. The molecule has 2 aromatic heterocycles. The second-order valence-corrected chi connectivity index (χ2v) is 9.13. The third-order valence-electron chi connectivity index (χ3n) is 3.92. The van der Waals surface area contributed by atoms with Crippen molar-refractivity contribution in [1.82, 2.24) is 9.97 Å². The Bertz CT molecular complexity index is 1140. The fraction of sp³-hybridized carbons (Fsp3) is 0.0476. The van der Waals surface area contributed by atoms with Crippen LogP contribution in [0.25, 0.3) is 20.4 Å². The second-order valence-electron chi connectivity index (χ2n) is 5.81. The first-order valence-corrected chi connectivity index (χ1v) is 11.1. The average molecular weight is 474 g/mol. The number of fused-ring (bicyclic) bond motifs is 2. The second kappa shape index (κ2) is 8.48. The number of halogens is 2. The smallest absolute Gasteiger partial charge is 0.0982 e. The summed E-state index contributed by atoms with van der Waals surface area (Å²) in [5, 5.41) is 1.88. The zero-order chi connectivity index (χ0) is 18.6. The summed E-state index contributed by atoms with van der Waals surface area (Å²) >= 11 is 13.1. The first-order chi connectivity index (χ1) is 13.2. The van der Waals surface area contributed by atoms with Crippen molar-refractivity contribution >= 4 is 70.6 Å². The van der Waals surface area contributed by atoms with Gasteiger partial charge >= 0.3 is 0 Å².